The molecular weight excluding hydrogens is 269 g/mol. The zero-order chi connectivity index (χ0) is 14.7. The number of nitrogens with zero attached hydrogens (tertiary/aromatic N) is 1. The van der Waals surface area contributed by atoms with Crippen LogP contribution in [-0.4, -0.2) is 11.7 Å². The lowest BCUT2D eigenvalue weighted by Crippen LogP contribution is -2.48. The zero-order valence-electron chi connectivity index (χ0n) is 11.2. The van der Waals surface area contributed by atoms with Crippen molar-refractivity contribution in [2.75, 3.05) is 0 Å². The van der Waals surface area contributed by atoms with E-state index in [-0.39, 0.29) is 11.7 Å². The maximum Gasteiger partial charge on any atom is 0.267 e. The van der Waals surface area contributed by atoms with Crippen molar-refractivity contribution < 1.29 is 9.18 Å². The topological polar surface area (TPSA) is 53.5 Å². The van der Waals surface area contributed by atoms with Crippen LogP contribution in [0.2, 0.25) is 0 Å². The first kappa shape index (κ1) is 13.3. The largest absolute Gasteiger partial charge is 0.285 e. The molecule has 0 radical (unpaired) electrons. The minimum Gasteiger partial charge on any atom is -0.285 e. The molecule has 2 N–H and O–H groups in total. The van der Waals surface area contributed by atoms with E-state index in [9.17, 15) is 9.18 Å². The molecule has 1 heterocycles. The second kappa shape index (κ2) is 5.75. The molecule has 21 heavy (non-hydrogen) atoms. The molecule has 0 saturated carbocycles. The molecule has 0 saturated heterocycles. The highest BCUT2D eigenvalue weighted by molar-refractivity contribution is 5.95. The van der Waals surface area contributed by atoms with Crippen LogP contribution in [0.5, 0.6) is 0 Å². The molecule has 0 aromatic heterocycles. The molecule has 0 fully saturated rings. The first-order chi connectivity index (χ1) is 10.2. The molecule has 3 rings (SSSR count). The number of carbonyl (C=O) groups is 1. The Balaban J connectivity index is 1.82. The van der Waals surface area contributed by atoms with E-state index >= 15 is 0 Å². The summed E-state index contributed by atoms with van der Waals surface area (Å²) in [4.78, 5) is 16.4. The van der Waals surface area contributed by atoms with Crippen molar-refractivity contribution in [2.24, 2.45) is 4.99 Å². The van der Waals surface area contributed by atoms with Crippen LogP contribution in [0.15, 0.2) is 59.6 Å². The van der Waals surface area contributed by atoms with Crippen LogP contribution >= 0.6 is 0 Å². The fourth-order valence-electron chi connectivity index (χ4n) is 2.20. The van der Waals surface area contributed by atoms with E-state index in [1.54, 1.807) is 12.1 Å². The van der Waals surface area contributed by atoms with Crippen molar-refractivity contribution in [3.8, 4) is 0 Å². The smallest absolute Gasteiger partial charge is 0.267 e. The molecular formula is C16H14FN3O. The molecule has 5 heteroatoms. The second-order valence-corrected chi connectivity index (χ2v) is 4.81. The number of hydrogen-bond acceptors (Lipinski definition) is 3. The van der Waals surface area contributed by atoms with Crippen LogP contribution in [0.25, 0.3) is 0 Å². The van der Waals surface area contributed by atoms with Gasteiger partial charge in [0.15, 0.2) is 6.04 Å². The number of hydrogen-bond donors (Lipinski definition) is 2. The highest BCUT2D eigenvalue weighted by Crippen LogP contribution is 2.19. The van der Waals surface area contributed by atoms with Gasteiger partial charge in [-0.1, -0.05) is 42.5 Å². The van der Waals surface area contributed by atoms with Gasteiger partial charge >= 0.3 is 0 Å². The summed E-state index contributed by atoms with van der Waals surface area (Å²) in [6.45, 7) is 0. The zero-order valence-corrected chi connectivity index (χ0v) is 11.2. The first-order valence-electron chi connectivity index (χ1n) is 6.64. The highest BCUT2D eigenvalue weighted by Gasteiger charge is 2.24. The predicted octanol–water partition coefficient (Wildman–Crippen LogP) is 2.14. The van der Waals surface area contributed by atoms with Crippen LogP contribution < -0.4 is 10.9 Å². The number of nitrogens with one attached hydrogen (secondary N) is 2. The second-order valence-electron chi connectivity index (χ2n) is 4.81. The molecule has 2 aromatic carbocycles. The van der Waals surface area contributed by atoms with Crippen LogP contribution in [0.4, 0.5) is 4.39 Å². The maximum atomic E-state index is 12.9. The molecule has 1 atom stereocenters. The number of halogens is 1. The predicted molar refractivity (Wildman–Crippen MR) is 78.0 cm³/mol. The quantitative estimate of drug-likeness (QED) is 0.907. The molecule has 4 nitrogen and oxygen atoms in total. The lowest BCUT2D eigenvalue weighted by molar-refractivity contribution is -0.123. The fourth-order valence-corrected chi connectivity index (χ4v) is 2.20. The minimum atomic E-state index is -0.553. The van der Waals surface area contributed by atoms with Crippen molar-refractivity contribution in [3.05, 3.63) is 71.5 Å². The molecule has 0 bridgehead atoms. The van der Waals surface area contributed by atoms with Crippen molar-refractivity contribution in [1.82, 2.24) is 10.9 Å². The molecule has 1 aliphatic rings. The summed E-state index contributed by atoms with van der Waals surface area (Å²) in [7, 11) is 0. The van der Waals surface area contributed by atoms with Gasteiger partial charge in [0, 0.05) is 6.42 Å². The Labute approximate surface area is 121 Å². The van der Waals surface area contributed by atoms with E-state index in [0.29, 0.717) is 12.3 Å². The van der Waals surface area contributed by atoms with Gasteiger partial charge in [0.05, 0.1) is 0 Å². The number of carbonyl (C=O) groups excluding carboxylic acids is 1. The van der Waals surface area contributed by atoms with Gasteiger partial charge in [0.1, 0.15) is 11.7 Å². The monoisotopic (exact) mass is 283 g/mol. The van der Waals surface area contributed by atoms with Crippen molar-refractivity contribution in [2.45, 2.75) is 12.5 Å². The van der Waals surface area contributed by atoms with Crippen LogP contribution in [-0.2, 0) is 11.2 Å². The maximum absolute atomic E-state index is 12.9. The lowest BCUT2D eigenvalue weighted by atomic mass is 10.1. The Morgan fingerprint density at radius 2 is 1.71 bits per heavy atom. The molecule has 0 aliphatic carbocycles. The van der Waals surface area contributed by atoms with Gasteiger partial charge in [0.25, 0.3) is 5.91 Å². The lowest BCUT2D eigenvalue weighted by Gasteiger charge is -2.22. The average Bonchev–Trinajstić information content (AvgIpc) is 2.52. The molecule has 2 aromatic rings. The minimum absolute atomic E-state index is 0.191. The number of amidine groups is 1. The summed E-state index contributed by atoms with van der Waals surface area (Å²) in [5.74, 6) is 0.187. The van der Waals surface area contributed by atoms with Gasteiger partial charge in [-0.05, 0) is 23.3 Å². The van der Waals surface area contributed by atoms with Gasteiger partial charge < -0.3 is 0 Å². The molecule has 0 spiro atoms. The van der Waals surface area contributed by atoms with Crippen molar-refractivity contribution in [3.63, 3.8) is 0 Å². The van der Waals surface area contributed by atoms with Crippen molar-refractivity contribution >= 4 is 11.7 Å². The number of benzene rings is 2. The molecule has 1 aliphatic heterocycles. The van der Waals surface area contributed by atoms with E-state index in [1.807, 2.05) is 30.3 Å². The van der Waals surface area contributed by atoms with Crippen molar-refractivity contribution in [1.29, 1.82) is 0 Å². The first-order valence-corrected chi connectivity index (χ1v) is 6.64. The summed E-state index contributed by atoms with van der Waals surface area (Å²) in [5.41, 5.74) is 7.17. The molecule has 106 valence electrons. The van der Waals surface area contributed by atoms with Crippen LogP contribution in [0.3, 0.4) is 0 Å². The Morgan fingerprint density at radius 3 is 2.43 bits per heavy atom. The Bertz CT molecular complexity index is 668. The standard InChI is InChI=1S/C16H14FN3O/c17-13-8-6-11(7-9-13)10-14-18-15(16(21)20-19-14)12-4-2-1-3-5-12/h1-9,15H,10H2,(H,18,19)(H,20,21). The number of rotatable bonds is 3. The number of hydrazine groups is 1. The Morgan fingerprint density at radius 1 is 1.00 bits per heavy atom. The summed E-state index contributed by atoms with van der Waals surface area (Å²) in [6.07, 6.45) is 0.504. The summed E-state index contributed by atoms with van der Waals surface area (Å²) >= 11 is 0. The van der Waals surface area contributed by atoms with Gasteiger partial charge in [-0.15, -0.1) is 0 Å². The van der Waals surface area contributed by atoms with Gasteiger partial charge in [0.2, 0.25) is 0 Å². The Kier molecular flexibility index (Phi) is 3.64. The van der Waals surface area contributed by atoms with Gasteiger partial charge in [-0.25, -0.2) is 4.39 Å². The van der Waals surface area contributed by atoms with Crippen LogP contribution in [0, 0.1) is 5.82 Å². The SMILES string of the molecule is O=C1NNC(Cc2ccc(F)cc2)=NC1c1ccccc1. The molecule has 1 amide bonds. The summed E-state index contributed by atoms with van der Waals surface area (Å²) in [6, 6.07) is 15.1. The third-order valence-electron chi connectivity index (χ3n) is 3.26. The molecule has 1 unspecified atom stereocenters. The summed E-state index contributed by atoms with van der Waals surface area (Å²) in [5, 5.41) is 0. The van der Waals surface area contributed by atoms with E-state index in [4.69, 9.17) is 0 Å². The fraction of sp³-hybridized carbons (Fsp3) is 0.125. The third kappa shape index (κ3) is 3.08. The number of amides is 1. The summed E-state index contributed by atoms with van der Waals surface area (Å²) < 4.78 is 12.9. The van der Waals surface area contributed by atoms with Gasteiger partial charge in [-0.3, -0.25) is 20.6 Å². The van der Waals surface area contributed by atoms with E-state index in [0.717, 1.165) is 11.1 Å². The van der Waals surface area contributed by atoms with E-state index in [2.05, 4.69) is 15.8 Å². The van der Waals surface area contributed by atoms with Gasteiger partial charge in [-0.2, -0.15) is 0 Å². The Hall–Kier alpha value is -2.69. The highest BCUT2D eigenvalue weighted by atomic mass is 19.1. The number of aliphatic imine (C=N–C) groups is 1. The third-order valence-corrected chi connectivity index (χ3v) is 3.26. The van der Waals surface area contributed by atoms with E-state index < -0.39 is 6.04 Å². The normalized spacial score (nSPS) is 17.7. The average molecular weight is 283 g/mol. The van der Waals surface area contributed by atoms with Crippen LogP contribution in [0.1, 0.15) is 17.2 Å². The van der Waals surface area contributed by atoms with E-state index in [1.165, 1.54) is 12.1 Å².